The van der Waals surface area contributed by atoms with E-state index in [1.807, 2.05) is 0 Å². The van der Waals surface area contributed by atoms with Crippen LogP contribution in [0.25, 0.3) is 0 Å². The minimum Gasteiger partial charge on any atom is -0.291 e. The summed E-state index contributed by atoms with van der Waals surface area (Å²) in [4.78, 5) is 32.5. The average Bonchev–Trinajstić information content (AvgIpc) is 2.61. The summed E-state index contributed by atoms with van der Waals surface area (Å²) < 4.78 is 0. The number of amides is 2. The molecule has 1 fully saturated rings. The quantitative estimate of drug-likeness (QED) is 0.296. The van der Waals surface area contributed by atoms with Crippen LogP contribution in [0.3, 0.4) is 0 Å². The fraction of sp³-hybridized carbons (Fsp3) is 0.333. The Kier molecular flexibility index (Phi) is 1.71. The molecule has 2 aliphatic heterocycles. The third-order valence-corrected chi connectivity index (χ3v) is 1.76. The molecular weight excluding hydrogens is 161 g/mol. The maximum absolute atomic E-state index is 11.1. The van der Waals surface area contributed by atoms with E-state index in [0.29, 0.717) is 12.9 Å². The number of imide groups is 1. The van der Waals surface area contributed by atoms with Crippen LogP contribution < -0.4 is 0 Å². The Hall–Kier alpha value is -1.14. The Labute approximate surface area is 69.0 Å². The summed E-state index contributed by atoms with van der Waals surface area (Å²) in [5.74, 6) is -0.675. The summed E-state index contributed by atoms with van der Waals surface area (Å²) in [6.45, 7) is 0.418. The molecule has 0 aliphatic carbocycles. The van der Waals surface area contributed by atoms with Crippen LogP contribution in [0.15, 0.2) is 12.2 Å². The smallest absolute Gasteiger partial charge is 0.291 e. The molecular formula is C6H6BNO4. The molecule has 0 unspecified atom stereocenters. The first-order valence-corrected chi connectivity index (χ1v) is 3.62. The monoisotopic (exact) mass is 167 g/mol. The molecule has 2 amide bonds. The van der Waals surface area contributed by atoms with E-state index in [1.165, 1.54) is 12.2 Å². The number of hydrogen-bond donors (Lipinski definition) is 0. The van der Waals surface area contributed by atoms with E-state index in [-0.39, 0.29) is 11.8 Å². The van der Waals surface area contributed by atoms with Crippen LogP contribution >= 0.6 is 0 Å². The first-order chi connectivity index (χ1) is 5.79. The molecule has 0 atom stereocenters. The van der Waals surface area contributed by atoms with E-state index >= 15 is 0 Å². The van der Waals surface area contributed by atoms with Gasteiger partial charge in [-0.15, -0.1) is 0 Å². The highest BCUT2D eigenvalue weighted by molar-refractivity contribution is 6.58. The fourth-order valence-electron chi connectivity index (χ4n) is 1.19. The molecule has 2 aliphatic rings. The summed E-state index contributed by atoms with van der Waals surface area (Å²) in [5.41, 5.74) is 0. The molecule has 0 aromatic carbocycles. The molecule has 0 bridgehead atoms. The second kappa shape index (κ2) is 2.73. The lowest BCUT2D eigenvalue weighted by Gasteiger charge is -2.14. The van der Waals surface area contributed by atoms with Crippen molar-refractivity contribution in [2.45, 2.75) is 6.32 Å². The van der Waals surface area contributed by atoms with Gasteiger partial charge in [-0.3, -0.25) is 24.1 Å². The molecule has 0 aromatic heterocycles. The summed E-state index contributed by atoms with van der Waals surface area (Å²) in [5, 5.41) is 0. The number of rotatable bonds is 1. The molecule has 2 rings (SSSR count). The standard InChI is InChI=1S/C6H6BNO4/c9-5-1-2-6(10)8(5)7-3-4-11-12-7/h1-2H,3-4H2. The van der Waals surface area contributed by atoms with E-state index in [2.05, 4.69) is 4.89 Å². The van der Waals surface area contributed by atoms with Crippen molar-refractivity contribution in [1.82, 2.24) is 4.81 Å². The maximum Gasteiger partial charge on any atom is 0.464 e. The summed E-state index contributed by atoms with van der Waals surface area (Å²) in [6, 6.07) is 0. The molecule has 0 spiro atoms. The second-order valence-electron chi connectivity index (χ2n) is 2.54. The highest BCUT2D eigenvalue weighted by atomic mass is 17.2. The van der Waals surface area contributed by atoms with E-state index in [1.54, 1.807) is 0 Å². The van der Waals surface area contributed by atoms with Crippen molar-refractivity contribution in [3.8, 4) is 0 Å². The SMILES string of the molecule is O=C1C=CC(=O)N1B1CCOO1. The predicted molar refractivity (Wildman–Crippen MR) is 38.6 cm³/mol. The van der Waals surface area contributed by atoms with Gasteiger partial charge in [0.15, 0.2) is 0 Å². The lowest BCUT2D eigenvalue weighted by Crippen LogP contribution is -2.43. The Morgan fingerprint density at radius 2 is 2.00 bits per heavy atom. The van der Waals surface area contributed by atoms with Crippen molar-refractivity contribution in [2.24, 2.45) is 0 Å². The van der Waals surface area contributed by atoms with Crippen LogP contribution in [-0.2, 0) is 19.3 Å². The topological polar surface area (TPSA) is 55.8 Å². The van der Waals surface area contributed by atoms with Gasteiger partial charge < -0.3 is 0 Å². The zero-order valence-electron chi connectivity index (χ0n) is 6.23. The molecule has 12 heavy (non-hydrogen) atoms. The first kappa shape index (κ1) is 7.51. The first-order valence-electron chi connectivity index (χ1n) is 3.62. The van der Waals surface area contributed by atoms with Crippen LogP contribution in [0, 0.1) is 0 Å². The highest BCUT2D eigenvalue weighted by Gasteiger charge is 2.39. The van der Waals surface area contributed by atoms with Crippen molar-refractivity contribution in [1.29, 1.82) is 0 Å². The number of carbonyl (C=O) groups is 2. The summed E-state index contributed by atoms with van der Waals surface area (Å²) in [6.07, 6.45) is 2.99. The molecule has 62 valence electrons. The molecule has 5 nitrogen and oxygen atoms in total. The van der Waals surface area contributed by atoms with Crippen LogP contribution in [0.1, 0.15) is 0 Å². The predicted octanol–water partition coefficient (Wildman–Crippen LogP) is -0.639. The Bertz CT molecular complexity index is 240. The fourth-order valence-corrected chi connectivity index (χ4v) is 1.19. The van der Waals surface area contributed by atoms with Crippen LogP contribution in [0.5, 0.6) is 0 Å². The molecule has 6 heteroatoms. The molecule has 0 saturated carbocycles. The van der Waals surface area contributed by atoms with Crippen molar-refractivity contribution >= 4 is 18.9 Å². The van der Waals surface area contributed by atoms with Crippen molar-refractivity contribution < 1.29 is 19.3 Å². The van der Waals surface area contributed by atoms with E-state index < -0.39 is 7.05 Å². The Morgan fingerprint density at radius 3 is 2.50 bits per heavy atom. The minimum absolute atomic E-state index is 0.337. The lowest BCUT2D eigenvalue weighted by molar-refractivity contribution is -0.191. The van der Waals surface area contributed by atoms with E-state index in [0.717, 1.165) is 4.81 Å². The van der Waals surface area contributed by atoms with Gasteiger partial charge in [0.25, 0.3) is 0 Å². The van der Waals surface area contributed by atoms with Crippen LogP contribution in [0.2, 0.25) is 6.32 Å². The van der Waals surface area contributed by atoms with Gasteiger partial charge >= 0.3 is 7.05 Å². The number of hydrogen-bond acceptors (Lipinski definition) is 4. The maximum atomic E-state index is 11.1. The normalized spacial score (nSPS) is 23.0. The third kappa shape index (κ3) is 1.05. The second-order valence-corrected chi connectivity index (χ2v) is 2.54. The molecule has 0 aromatic rings. The van der Waals surface area contributed by atoms with Gasteiger partial charge in [-0.25, -0.2) is 0 Å². The van der Waals surface area contributed by atoms with Crippen molar-refractivity contribution in [2.75, 3.05) is 6.61 Å². The van der Waals surface area contributed by atoms with Gasteiger partial charge in [-0.1, -0.05) is 0 Å². The van der Waals surface area contributed by atoms with Gasteiger partial charge in [-0.05, 0) is 0 Å². The van der Waals surface area contributed by atoms with Crippen molar-refractivity contribution in [3.63, 3.8) is 0 Å². The largest absolute Gasteiger partial charge is 0.464 e. The van der Waals surface area contributed by atoms with Crippen molar-refractivity contribution in [3.05, 3.63) is 12.2 Å². The zero-order valence-corrected chi connectivity index (χ0v) is 6.23. The Balaban J connectivity index is 2.12. The number of nitrogens with zero attached hydrogens (tertiary/aromatic N) is 1. The summed E-state index contributed by atoms with van der Waals surface area (Å²) >= 11 is 0. The Morgan fingerprint density at radius 1 is 1.33 bits per heavy atom. The van der Waals surface area contributed by atoms with Crippen LogP contribution in [0.4, 0.5) is 0 Å². The van der Waals surface area contributed by atoms with Crippen LogP contribution in [-0.4, -0.2) is 30.3 Å². The van der Waals surface area contributed by atoms with Gasteiger partial charge in [-0.2, -0.15) is 0 Å². The molecule has 0 N–H and O–H groups in total. The van der Waals surface area contributed by atoms with E-state index in [9.17, 15) is 9.59 Å². The lowest BCUT2D eigenvalue weighted by atomic mass is 9.77. The molecule has 2 heterocycles. The molecule has 0 radical (unpaired) electrons. The van der Waals surface area contributed by atoms with Gasteiger partial charge in [0.1, 0.15) is 0 Å². The van der Waals surface area contributed by atoms with Gasteiger partial charge in [0.05, 0.1) is 6.61 Å². The molecule has 1 saturated heterocycles. The third-order valence-electron chi connectivity index (χ3n) is 1.76. The number of carbonyl (C=O) groups excluding carboxylic acids is 2. The van der Waals surface area contributed by atoms with E-state index in [4.69, 9.17) is 4.81 Å². The van der Waals surface area contributed by atoms with Gasteiger partial charge in [0.2, 0.25) is 11.8 Å². The highest BCUT2D eigenvalue weighted by Crippen LogP contribution is 2.15. The minimum atomic E-state index is -0.542. The average molecular weight is 167 g/mol. The summed E-state index contributed by atoms with van der Waals surface area (Å²) in [7, 11) is -0.542. The van der Waals surface area contributed by atoms with Gasteiger partial charge in [0, 0.05) is 18.5 Å². The zero-order chi connectivity index (χ0) is 8.55.